The molecule has 204 valence electrons. The van der Waals surface area contributed by atoms with E-state index in [-0.39, 0.29) is 41.8 Å². The number of carbonyl (C=O) groups excluding carboxylic acids is 3. The number of nitrogens with zero attached hydrogens (tertiary/aromatic N) is 2. The predicted octanol–water partition coefficient (Wildman–Crippen LogP) is 2.18. The minimum absolute atomic E-state index is 0.0394. The molecule has 0 unspecified atom stereocenters. The second-order valence-electron chi connectivity index (χ2n) is 11.7. The molecule has 0 amide bonds. The molecule has 4 N–H and O–H groups in total. The highest BCUT2D eigenvalue weighted by Gasteiger charge is 2.64. The van der Waals surface area contributed by atoms with Crippen LogP contribution in [-0.4, -0.2) is 79.9 Å². The molecule has 9 nitrogen and oxygen atoms in total. The SMILES string of the molecule is CC(=O)C1=C(O)[C@@]2(O)C(=O)C3=C(O)c4c(O)c5c(c(F)c4C[C@H]3C[C@H]2[C@H](N(C)C)C1=O)CN(CC(C)C)C5. The van der Waals surface area contributed by atoms with Crippen LogP contribution in [0.4, 0.5) is 4.39 Å². The molecule has 1 aromatic rings. The van der Waals surface area contributed by atoms with Crippen LogP contribution in [0.15, 0.2) is 16.9 Å². The number of fused-ring (bicyclic) bond motifs is 4. The molecule has 1 saturated carbocycles. The number of rotatable bonds is 4. The molecule has 0 bridgehead atoms. The van der Waals surface area contributed by atoms with Gasteiger partial charge in [-0.15, -0.1) is 0 Å². The van der Waals surface area contributed by atoms with Crippen molar-refractivity contribution in [1.82, 2.24) is 9.80 Å². The Morgan fingerprint density at radius 2 is 1.76 bits per heavy atom. The minimum atomic E-state index is -2.64. The molecule has 0 saturated heterocycles. The molecular weight excluding hydrogens is 495 g/mol. The topological polar surface area (TPSA) is 139 Å². The molecule has 1 fully saturated rings. The standard InChI is InChI=1S/C28H33FN2O7/c1-11(2)8-31-9-15-16(10-31)23(33)20-14(21(15)29)6-13-7-17-22(30(4)5)25(35)18(12(3)32)26(36)28(17,38)27(37)19(13)24(20)34/h11,13,17,22,33-34,36,38H,6-10H2,1-5H3/t13-,17-,22-,28+/m0/s1. The van der Waals surface area contributed by atoms with Crippen molar-refractivity contribution in [3.8, 4) is 5.75 Å². The average Bonchev–Trinajstić information content (AvgIpc) is 3.23. The molecule has 10 heteroatoms. The number of Topliss-reactive ketones (excluding diaryl/α,β-unsaturated/α-hetero) is 3. The van der Waals surface area contributed by atoms with E-state index in [1.165, 1.54) is 4.90 Å². The maximum atomic E-state index is 15.9. The molecule has 4 atom stereocenters. The van der Waals surface area contributed by atoms with E-state index in [0.29, 0.717) is 30.1 Å². The first-order valence-corrected chi connectivity index (χ1v) is 12.8. The molecule has 5 rings (SSSR count). The van der Waals surface area contributed by atoms with E-state index in [1.807, 2.05) is 18.7 Å². The number of aliphatic hydroxyl groups excluding tert-OH is 2. The Morgan fingerprint density at radius 1 is 1.13 bits per heavy atom. The third-order valence-corrected chi connectivity index (χ3v) is 8.52. The fraction of sp³-hybridized carbons (Fsp3) is 0.536. The van der Waals surface area contributed by atoms with Crippen molar-refractivity contribution < 1.29 is 39.2 Å². The highest BCUT2D eigenvalue weighted by Crippen LogP contribution is 2.54. The number of likely N-dealkylation sites (N-methyl/N-ethyl adjacent to an activating group) is 1. The van der Waals surface area contributed by atoms with Gasteiger partial charge in [0.2, 0.25) is 5.78 Å². The summed E-state index contributed by atoms with van der Waals surface area (Å²) in [6.07, 6.45) is -0.0794. The Hall–Kier alpha value is -3.08. The number of halogens is 1. The van der Waals surface area contributed by atoms with Crippen LogP contribution in [0, 0.1) is 23.6 Å². The van der Waals surface area contributed by atoms with Gasteiger partial charge in [0.25, 0.3) is 0 Å². The number of hydrogen-bond acceptors (Lipinski definition) is 9. The largest absolute Gasteiger partial charge is 0.508 e. The molecule has 1 aliphatic heterocycles. The highest BCUT2D eigenvalue weighted by molar-refractivity contribution is 6.25. The number of benzene rings is 1. The van der Waals surface area contributed by atoms with Gasteiger partial charge in [0.05, 0.1) is 11.6 Å². The van der Waals surface area contributed by atoms with Gasteiger partial charge in [-0.05, 0) is 45.7 Å². The number of carbonyl (C=O) groups is 3. The van der Waals surface area contributed by atoms with Crippen molar-refractivity contribution in [2.75, 3.05) is 20.6 Å². The second-order valence-corrected chi connectivity index (χ2v) is 11.7. The number of phenols is 1. The number of aromatic hydroxyl groups is 1. The maximum Gasteiger partial charge on any atom is 0.202 e. The van der Waals surface area contributed by atoms with Crippen LogP contribution < -0.4 is 0 Å². The Bertz CT molecular complexity index is 1360. The van der Waals surface area contributed by atoms with Crippen molar-refractivity contribution in [3.63, 3.8) is 0 Å². The van der Waals surface area contributed by atoms with Gasteiger partial charge in [0.1, 0.15) is 28.7 Å². The molecule has 4 aliphatic rings. The zero-order valence-corrected chi connectivity index (χ0v) is 22.1. The summed E-state index contributed by atoms with van der Waals surface area (Å²) in [6.45, 7) is 6.42. The van der Waals surface area contributed by atoms with E-state index in [2.05, 4.69) is 0 Å². The van der Waals surface area contributed by atoms with Crippen LogP contribution in [0.3, 0.4) is 0 Å². The average molecular weight is 529 g/mol. The highest BCUT2D eigenvalue weighted by atomic mass is 19.1. The van der Waals surface area contributed by atoms with Crippen molar-refractivity contribution in [2.24, 2.45) is 17.8 Å². The van der Waals surface area contributed by atoms with Crippen LogP contribution in [0.5, 0.6) is 5.75 Å². The lowest BCUT2D eigenvalue weighted by Crippen LogP contribution is -2.65. The Kier molecular flexibility index (Phi) is 6.09. The summed E-state index contributed by atoms with van der Waals surface area (Å²) in [5.74, 6) is -6.68. The molecule has 1 aromatic carbocycles. The van der Waals surface area contributed by atoms with Gasteiger partial charge in [-0.25, -0.2) is 4.39 Å². The van der Waals surface area contributed by atoms with Gasteiger partial charge >= 0.3 is 0 Å². The zero-order chi connectivity index (χ0) is 28.0. The molecular formula is C28H33FN2O7. The monoisotopic (exact) mass is 528 g/mol. The second kappa shape index (κ2) is 8.72. The van der Waals surface area contributed by atoms with E-state index >= 15 is 4.39 Å². The molecule has 3 aliphatic carbocycles. The lowest BCUT2D eigenvalue weighted by molar-refractivity contribution is -0.153. The summed E-state index contributed by atoms with van der Waals surface area (Å²) < 4.78 is 15.9. The Balaban J connectivity index is 1.69. The maximum absolute atomic E-state index is 15.9. The summed E-state index contributed by atoms with van der Waals surface area (Å²) in [4.78, 5) is 42.9. The van der Waals surface area contributed by atoms with Gasteiger partial charge in [-0.2, -0.15) is 0 Å². The van der Waals surface area contributed by atoms with Gasteiger partial charge < -0.3 is 20.4 Å². The Labute approximate surface area is 219 Å². The number of hydrogen-bond donors (Lipinski definition) is 4. The first-order chi connectivity index (χ1) is 17.7. The van der Waals surface area contributed by atoms with Gasteiger partial charge in [-0.1, -0.05) is 13.8 Å². The van der Waals surface area contributed by atoms with Crippen molar-refractivity contribution in [3.05, 3.63) is 45.0 Å². The van der Waals surface area contributed by atoms with Crippen molar-refractivity contribution >= 4 is 23.1 Å². The van der Waals surface area contributed by atoms with Crippen LogP contribution in [0.25, 0.3) is 5.76 Å². The van der Waals surface area contributed by atoms with Gasteiger partial charge in [0.15, 0.2) is 17.2 Å². The lowest BCUT2D eigenvalue weighted by Gasteiger charge is -2.50. The summed E-state index contributed by atoms with van der Waals surface area (Å²) in [5.41, 5.74) is -2.91. The summed E-state index contributed by atoms with van der Waals surface area (Å²) in [6, 6.07) is -1.10. The minimum Gasteiger partial charge on any atom is -0.508 e. The Morgan fingerprint density at radius 3 is 2.34 bits per heavy atom. The van der Waals surface area contributed by atoms with E-state index in [4.69, 9.17) is 0 Å². The van der Waals surface area contributed by atoms with Crippen molar-refractivity contribution in [2.45, 2.75) is 58.3 Å². The van der Waals surface area contributed by atoms with Crippen molar-refractivity contribution in [1.29, 1.82) is 0 Å². The van der Waals surface area contributed by atoms with Crippen LogP contribution in [0.2, 0.25) is 0 Å². The predicted molar refractivity (Wildman–Crippen MR) is 135 cm³/mol. The quantitative estimate of drug-likeness (QED) is 0.433. The molecule has 1 heterocycles. The summed E-state index contributed by atoms with van der Waals surface area (Å²) >= 11 is 0. The number of ketones is 3. The fourth-order valence-electron chi connectivity index (χ4n) is 7.03. The number of phenolic OH excluding ortho intramolecular Hbond substituents is 1. The normalized spacial score (nSPS) is 29.1. The third-order valence-electron chi connectivity index (χ3n) is 8.52. The zero-order valence-electron chi connectivity index (χ0n) is 22.1. The molecule has 0 aromatic heterocycles. The van der Waals surface area contributed by atoms with Gasteiger partial charge in [-0.3, -0.25) is 24.2 Å². The molecule has 0 spiro atoms. The van der Waals surface area contributed by atoms with Crippen LogP contribution in [-0.2, 0) is 33.9 Å². The van der Waals surface area contributed by atoms with E-state index in [9.17, 15) is 34.8 Å². The summed E-state index contributed by atoms with van der Waals surface area (Å²) in [7, 11) is 3.13. The first-order valence-electron chi connectivity index (χ1n) is 12.8. The van der Waals surface area contributed by atoms with Crippen LogP contribution >= 0.6 is 0 Å². The molecule has 38 heavy (non-hydrogen) atoms. The van der Waals surface area contributed by atoms with E-state index < -0.39 is 63.7 Å². The fourth-order valence-corrected chi connectivity index (χ4v) is 7.03. The van der Waals surface area contributed by atoms with Crippen LogP contribution in [0.1, 0.15) is 49.4 Å². The lowest BCUT2D eigenvalue weighted by atomic mass is 9.57. The summed E-state index contributed by atoms with van der Waals surface area (Å²) in [5, 5.41) is 45.2. The van der Waals surface area contributed by atoms with E-state index in [1.54, 1.807) is 14.1 Å². The van der Waals surface area contributed by atoms with Gasteiger partial charge in [0, 0.05) is 47.8 Å². The third kappa shape index (κ3) is 3.43. The smallest absolute Gasteiger partial charge is 0.202 e. The first kappa shape index (κ1) is 26.5. The molecule has 0 radical (unpaired) electrons. The number of aliphatic hydroxyl groups is 3. The van der Waals surface area contributed by atoms with E-state index in [0.717, 1.165) is 6.92 Å².